The summed E-state index contributed by atoms with van der Waals surface area (Å²) in [5.41, 5.74) is 9.20. The maximum Gasteiger partial charge on any atom is 0.164 e. The van der Waals surface area contributed by atoms with E-state index >= 15 is 0 Å². The summed E-state index contributed by atoms with van der Waals surface area (Å²) < 4.78 is 6.22. The molecule has 0 bridgehead atoms. The molecule has 0 aliphatic carbocycles. The first-order chi connectivity index (χ1) is 29.2. The molecule has 2 aromatic heterocycles. The van der Waals surface area contributed by atoms with Crippen molar-refractivity contribution in [3.8, 4) is 56.4 Å². The Labute approximate surface area is 339 Å². The molecule has 0 saturated carbocycles. The molecule has 274 valence electrons. The zero-order valence-electron chi connectivity index (χ0n) is 31.8. The average Bonchev–Trinajstić information content (AvgIpc) is 3.67. The van der Waals surface area contributed by atoms with Crippen molar-refractivity contribution in [2.24, 2.45) is 0 Å². The van der Waals surface area contributed by atoms with Gasteiger partial charge in [0.05, 0.1) is 0 Å². The molecule has 0 aliphatic heterocycles. The molecule has 4 nitrogen and oxygen atoms in total. The highest BCUT2D eigenvalue weighted by molar-refractivity contribution is 6.10. The molecule has 59 heavy (non-hydrogen) atoms. The van der Waals surface area contributed by atoms with Gasteiger partial charge in [-0.15, -0.1) is 0 Å². The number of hydrogen-bond acceptors (Lipinski definition) is 4. The van der Waals surface area contributed by atoms with E-state index in [4.69, 9.17) is 19.4 Å². The summed E-state index contributed by atoms with van der Waals surface area (Å²) >= 11 is 0. The SMILES string of the molecule is c1ccc(-c2cc(-c3nc(-c4ccc5cc(-c6ccc7ccccc7c6)ccc5c4)nc(-c4ccc5cc6oc7ccccc7c6cc5c4)n3)cc3ccccc23)cc1. The van der Waals surface area contributed by atoms with Crippen molar-refractivity contribution in [2.45, 2.75) is 0 Å². The van der Waals surface area contributed by atoms with Crippen LogP contribution in [0.4, 0.5) is 0 Å². The molecule has 12 aromatic rings. The lowest BCUT2D eigenvalue weighted by atomic mass is 9.95. The molecule has 0 atom stereocenters. The van der Waals surface area contributed by atoms with Crippen molar-refractivity contribution in [3.63, 3.8) is 0 Å². The van der Waals surface area contributed by atoms with Crippen molar-refractivity contribution >= 4 is 65.0 Å². The molecule has 0 aliphatic rings. The van der Waals surface area contributed by atoms with Crippen LogP contribution in [-0.4, -0.2) is 15.0 Å². The quantitative estimate of drug-likeness (QED) is 0.176. The van der Waals surface area contributed by atoms with Gasteiger partial charge in [-0.05, 0) is 120 Å². The fourth-order valence-corrected chi connectivity index (χ4v) is 8.60. The number of hydrogen-bond donors (Lipinski definition) is 0. The van der Waals surface area contributed by atoms with Gasteiger partial charge < -0.3 is 4.42 Å². The van der Waals surface area contributed by atoms with E-state index in [-0.39, 0.29) is 0 Å². The minimum atomic E-state index is 0.616. The smallest absolute Gasteiger partial charge is 0.164 e. The summed E-state index contributed by atoms with van der Waals surface area (Å²) in [7, 11) is 0. The van der Waals surface area contributed by atoms with Crippen LogP contribution in [0.1, 0.15) is 0 Å². The van der Waals surface area contributed by atoms with Gasteiger partial charge >= 0.3 is 0 Å². The zero-order valence-corrected chi connectivity index (χ0v) is 31.8. The fraction of sp³-hybridized carbons (Fsp3) is 0. The van der Waals surface area contributed by atoms with Gasteiger partial charge in [0.25, 0.3) is 0 Å². The van der Waals surface area contributed by atoms with E-state index in [9.17, 15) is 0 Å². The first-order valence-corrected chi connectivity index (χ1v) is 19.9. The summed E-state index contributed by atoms with van der Waals surface area (Å²) in [6.07, 6.45) is 0. The van der Waals surface area contributed by atoms with E-state index in [0.717, 1.165) is 76.7 Å². The standard InChI is InChI=1S/C55H33N3O/c1-2-11-35(12-3-1)49-32-46(29-42-14-6-7-15-47(42)49)55-57-53(43-24-22-39-27-38(20-21-40(39)28-43)37-19-18-34-10-4-5-13-36(34)26-37)56-54(58-55)44-25-23-41-33-52-50(31-45(41)30-44)48-16-8-9-17-51(48)59-52/h1-33H. The van der Waals surface area contributed by atoms with Gasteiger partial charge in [0.2, 0.25) is 0 Å². The molecule has 2 heterocycles. The largest absolute Gasteiger partial charge is 0.456 e. The van der Waals surface area contributed by atoms with E-state index in [1.165, 1.54) is 27.3 Å². The average molecular weight is 752 g/mol. The number of furan rings is 1. The predicted octanol–water partition coefficient (Wildman–Crippen LogP) is 14.7. The fourth-order valence-electron chi connectivity index (χ4n) is 8.60. The van der Waals surface area contributed by atoms with Crippen molar-refractivity contribution in [1.82, 2.24) is 15.0 Å². The van der Waals surface area contributed by atoms with Crippen molar-refractivity contribution in [2.75, 3.05) is 0 Å². The van der Waals surface area contributed by atoms with Gasteiger partial charge in [0.15, 0.2) is 17.5 Å². The Balaban J connectivity index is 1.02. The molecule has 0 radical (unpaired) electrons. The molecule has 0 fully saturated rings. The second kappa shape index (κ2) is 13.3. The number of nitrogens with zero attached hydrogens (tertiary/aromatic N) is 3. The number of para-hydroxylation sites is 1. The van der Waals surface area contributed by atoms with Crippen LogP contribution in [0.25, 0.3) is 121 Å². The Morgan fingerprint density at radius 1 is 0.254 bits per heavy atom. The number of rotatable bonds is 5. The highest BCUT2D eigenvalue weighted by atomic mass is 16.3. The molecule has 12 rings (SSSR count). The van der Waals surface area contributed by atoms with Crippen LogP contribution in [-0.2, 0) is 0 Å². The molecular formula is C55H33N3O. The van der Waals surface area contributed by atoms with Gasteiger partial charge in [-0.3, -0.25) is 0 Å². The Kier molecular flexibility index (Phi) is 7.50. The van der Waals surface area contributed by atoms with Crippen LogP contribution in [0.5, 0.6) is 0 Å². The third-order valence-electron chi connectivity index (χ3n) is 11.6. The van der Waals surface area contributed by atoms with Crippen LogP contribution in [0.3, 0.4) is 0 Å². The van der Waals surface area contributed by atoms with Crippen LogP contribution < -0.4 is 0 Å². The maximum absolute atomic E-state index is 6.22. The minimum Gasteiger partial charge on any atom is -0.456 e. The Bertz CT molecular complexity index is 3620. The lowest BCUT2D eigenvalue weighted by Crippen LogP contribution is -2.00. The maximum atomic E-state index is 6.22. The molecular weight excluding hydrogens is 719 g/mol. The summed E-state index contributed by atoms with van der Waals surface area (Å²) in [5.74, 6) is 1.86. The highest BCUT2D eigenvalue weighted by Gasteiger charge is 2.17. The first-order valence-electron chi connectivity index (χ1n) is 19.9. The summed E-state index contributed by atoms with van der Waals surface area (Å²) in [6, 6.07) is 70.8. The van der Waals surface area contributed by atoms with Crippen molar-refractivity contribution in [1.29, 1.82) is 0 Å². The van der Waals surface area contributed by atoms with E-state index in [1.54, 1.807) is 0 Å². The van der Waals surface area contributed by atoms with E-state index in [1.807, 2.05) is 12.1 Å². The number of fused-ring (bicyclic) bond motifs is 7. The van der Waals surface area contributed by atoms with Crippen LogP contribution in [0, 0.1) is 0 Å². The Hall–Kier alpha value is -7.95. The van der Waals surface area contributed by atoms with E-state index in [2.05, 4.69) is 188 Å². The Morgan fingerprint density at radius 2 is 0.746 bits per heavy atom. The minimum absolute atomic E-state index is 0.616. The normalized spacial score (nSPS) is 11.7. The van der Waals surface area contributed by atoms with E-state index in [0.29, 0.717) is 17.5 Å². The topological polar surface area (TPSA) is 51.8 Å². The summed E-state index contributed by atoms with van der Waals surface area (Å²) in [5, 5.41) is 11.4. The van der Waals surface area contributed by atoms with Crippen LogP contribution in [0.15, 0.2) is 205 Å². The molecule has 0 spiro atoms. The van der Waals surface area contributed by atoms with Gasteiger partial charge in [-0.1, -0.05) is 146 Å². The van der Waals surface area contributed by atoms with Crippen molar-refractivity contribution < 1.29 is 4.42 Å². The molecule has 0 amide bonds. The summed E-state index contributed by atoms with van der Waals surface area (Å²) in [4.78, 5) is 15.7. The molecule has 0 saturated heterocycles. The Morgan fingerprint density at radius 3 is 1.47 bits per heavy atom. The van der Waals surface area contributed by atoms with Gasteiger partial charge in [-0.2, -0.15) is 0 Å². The van der Waals surface area contributed by atoms with Gasteiger partial charge in [0.1, 0.15) is 11.2 Å². The van der Waals surface area contributed by atoms with Crippen LogP contribution in [0.2, 0.25) is 0 Å². The van der Waals surface area contributed by atoms with Crippen LogP contribution >= 0.6 is 0 Å². The van der Waals surface area contributed by atoms with Gasteiger partial charge in [0, 0.05) is 27.5 Å². The van der Waals surface area contributed by atoms with Gasteiger partial charge in [-0.25, -0.2) is 15.0 Å². The zero-order chi connectivity index (χ0) is 38.9. The summed E-state index contributed by atoms with van der Waals surface area (Å²) in [6.45, 7) is 0. The highest BCUT2D eigenvalue weighted by Crippen LogP contribution is 2.37. The molecule has 10 aromatic carbocycles. The number of aromatic nitrogens is 3. The third kappa shape index (κ3) is 5.81. The predicted molar refractivity (Wildman–Crippen MR) is 244 cm³/mol. The second-order valence-corrected chi connectivity index (χ2v) is 15.3. The molecule has 0 N–H and O–H groups in total. The van der Waals surface area contributed by atoms with Crippen molar-refractivity contribution in [3.05, 3.63) is 200 Å². The second-order valence-electron chi connectivity index (χ2n) is 15.3. The van der Waals surface area contributed by atoms with E-state index < -0.39 is 0 Å². The molecule has 4 heteroatoms. The lowest BCUT2D eigenvalue weighted by molar-refractivity contribution is 0.669. The lowest BCUT2D eigenvalue weighted by Gasteiger charge is -2.13. The first kappa shape index (κ1) is 33.2. The third-order valence-corrected chi connectivity index (χ3v) is 11.6. The molecule has 0 unspecified atom stereocenters. The number of benzene rings is 10. The monoisotopic (exact) mass is 751 g/mol.